The highest BCUT2D eigenvalue weighted by atomic mass is 32.2. The molecule has 1 aliphatic heterocycles. The van der Waals surface area contributed by atoms with E-state index in [1.165, 1.54) is 35.8 Å². The molecule has 6 nitrogen and oxygen atoms in total. The van der Waals surface area contributed by atoms with Crippen molar-refractivity contribution in [1.82, 2.24) is 9.79 Å². The molecular formula is C17H15FN2O4S. The van der Waals surface area contributed by atoms with Crippen LogP contribution in [0.25, 0.3) is 11.1 Å². The van der Waals surface area contributed by atoms with Crippen LogP contribution in [-0.4, -0.2) is 36.9 Å². The zero-order chi connectivity index (χ0) is 18.0. The number of hydrogen-bond acceptors (Lipinski definition) is 4. The summed E-state index contributed by atoms with van der Waals surface area (Å²) in [5.41, 5.74) is 3.22. The van der Waals surface area contributed by atoms with E-state index >= 15 is 0 Å². The number of benzene rings is 2. The number of carbonyl (C=O) groups excluding carboxylic acids is 1. The molecule has 0 saturated carbocycles. The Morgan fingerprint density at radius 3 is 2.16 bits per heavy atom. The second kappa shape index (κ2) is 6.75. The third-order valence-electron chi connectivity index (χ3n) is 3.95. The maximum atomic E-state index is 13.0. The van der Waals surface area contributed by atoms with E-state index in [1.54, 1.807) is 24.3 Å². The van der Waals surface area contributed by atoms with Crippen LogP contribution in [0.4, 0.5) is 4.39 Å². The van der Waals surface area contributed by atoms with Gasteiger partial charge in [0.1, 0.15) is 5.82 Å². The second-order valence-electron chi connectivity index (χ2n) is 5.50. The average Bonchev–Trinajstić information content (AvgIpc) is 3.13. The van der Waals surface area contributed by atoms with Crippen LogP contribution in [0.1, 0.15) is 0 Å². The van der Waals surface area contributed by atoms with Gasteiger partial charge in [-0.25, -0.2) is 18.3 Å². The van der Waals surface area contributed by atoms with Gasteiger partial charge in [-0.2, -0.15) is 4.31 Å². The zero-order valence-electron chi connectivity index (χ0n) is 13.0. The van der Waals surface area contributed by atoms with E-state index in [9.17, 15) is 17.6 Å². The third-order valence-corrected chi connectivity index (χ3v) is 5.78. The fourth-order valence-electron chi connectivity index (χ4n) is 2.56. The topological polar surface area (TPSA) is 86.7 Å². The molecular weight excluding hydrogens is 347 g/mol. The van der Waals surface area contributed by atoms with E-state index in [0.717, 1.165) is 15.4 Å². The van der Waals surface area contributed by atoms with Gasteiger partial charge < -0.3 is 0 Å². The number of nitrogens with one attached hydrogen (secondary N) is 1. The van der Waals surface area contributed by atoms with Crippen molar-refractivity contribution in [1.29, 1.82) is 0 Å². The summed E-state index contributed by atoms with van der Waals surface area (Å²) >= 11 is 0. The van der Waals surface area contributed by atoms with Crippen LogP contribution in [0.5, 0.6) is 0 Å². The lowest BCUT2D eigenvalue weighted by Gasteiger charge is -2.16. The van der Waals surface area contributed by atoms with E-state index in [4.69, 9.17) is 5.21 Å². The molecule has 0 bridgehead atoms. The lowest BCUT2D eigenvalue weighted by molar-refractivity contribution is -0.125. The van der Waals surface area contributed by atoms with Crippen molar-refractivity contribution in [3.63, 3.8) is 0 Å². The first-order valence-electron chi connectivity index (χ1n) is 7.41. The highest BCUT2D eigenvalue weighted by molar-refractivity contribution is 7.89. The zero-order valence-corrected chi connectivity index (χ0v) is 13.8. The van der Waals surface area contributed by atoms with Crippen molar-refractivity contribution in [2.75, 3.05) is 13.1 Å². The SMILES string of the molecule is O=C(NO)C1=CCN(S(=O)(=O)c2ccc(-c3ccc(F)cc3)cc2)C1. The molecule has 130 valence electrons. The largest absolute Gasteiger partial charge is 0.288 e. The molecule has 0 radical (unpaired) electrons. The maximum absolute atomic E-state index is 13.0. The van der Waals surface area contributed by atoms with Gasteiger partial charge in [-0.1, -0.05) is 30.3 Å². The summed E-state index contributed by atoms with van der Waals surface area (Å²) in [6, 6.07) is 12.1. The van der Waals surface area contributed by atoms with Gasteiger partial charge in [-0.05, 0) is 35.4 Å². The molecule has 1 aliphatic rings. The standard InChI is InChI=1S/C17H15FN2O4S/c18-15-5-1-12(2-6-15)13-3-7-16(8-4-13)25(23,24)20-10-9-14(11-20)17(21)19-22/h1-9,22H,10-11H2,(H,19,21). The van der Waals surface area contributed by atoms with Crippen LogP contribution in [0.3, 0.4) is 0 Å². The molecule has 0 atom stereocenters. The molecule has 0 aliphatic carbocycles. The van der Waals surface area contributed by atoms with Crippen LogP contribution in [0.2, 0.25) is 0 Å². The third kappa shape index (κ3) is 3.46. The van der Waals surface area contributed by atoms with Crippen molar-refractivity contribution in [2.45, 2.75) is 4.90 Å². The second-order valence-corrected chi connectivity index (χ2v) is 7.44. The molecule has 0 unspecified atom stereocenters. The predicted molar refractivity (Wildman–Crippen MR) is 88.6 cm³/mol. The molecule has 0 aromatic heterocycles. The molecule has 0 spiro atoms. The Morgan fingerprint density at radius 1 is 1.04 bits per heavy atom. The number of hydrogen-bond donors (Lipinski definition) is 2. The van der Waals surface area contributed by atoms with Gasteiger partial charge >= 0.3 is 0 Å². The van der Waals surface area contributed by atoms with E-state index in [2.05, 4.69) is 0 Å². The number of sulfonamides is 1. The number of nitrogens with zero attached hydrogens (tertiary/aromatic N) is 1. The molecule has 3 rings (SSSR count). The summed E-state index contributed by atoms with van der Waals surface area (Å²) in [5, 5.41) is 8.63. The van der Waals surface area contributed by atoms with Gasteiger partial charge in [0.2, 0.25) is 10.0 Å². The Labute approximate surface area is 144 Å². The minimum atomic E-state index is -3.76. The van der Waals surface area contributed by atoms with Gasteiger partial charge in [0.05, 0.1) is 4.90 Å². The van der Waals surface area contributed by atoms with E-state index in [0.29, 0.717) is 0 Å². The molecule has 0 saturated heterocycles. The lowest BCUT2D eigenvalue weighted by Crippen LogP contribution is -2.31. The molecule has 2 aromatic carbocycles. The van der Waals surface area contributed by atoms with Crippen molar-refractivity contribution in [2.24, 2.45) is 0 Å². The molecule has 0 fully saturated rings. The Hall–Kier alpha value is -2.55. The first-order valence-corrected chi connectivity index (χ1v) is 8.85. The van der Waals surface area contributed by atoms with Gasteiger partial charge in [0, 0.05) is 18.7 Å². The molecule has 2 N–H and O–H groups in total. The maximum Gasteiger partial charge on any atom is 0.271 e. The van der Waals surface area contributed by atoms with Crippen molar-refractivity contribution in [3.05, 3.63) is 66.0 Å². The molecule has 1 amide bonds. The van der Waals surface area contributed by atoms with Gasteiger partial charge in [0.25, 0.3) is 5.91 Å². The minimum Gasteiger partial charge on any atom is -0.288 e. The Morgan fingerprint density at radius 2 is 1.60 bits per heavy atom. The van der Waals surface area contributed by atoms with E-state index < -0.39 is 15.9 Å². The van der Waals surface area contributed by atoms with Crippen molar-refractivity contribution >= 4 is 15.9 Å². The summed E-state index contributed by atoms with van der Waals surface area (Å²) in [5.74, 6) is -1.06. The summed E-state index contributed by atoms with van der Waals surface area (Å²) in [6.45, 7) is -0.0424. The van der Waals surface area contributed by atoms with Crippen LogP contribution >= 0.6 is 0 Å². The lowest BCUT2D eigenvalue weighted by atomic mass is 10.1. The fraction of sp³-hybridized carbons (Fsp3) is 0.118. The van der Waals surface area contributed by atoms with Gasteiger partial charge in [0.15, 0.2) is 0 Å². The quantitative estimate of drug-likeness (QED) is 0.643. The number of carbonyl (C=O) groups is 1. The van der Waals surface area contributed by atoms with Crippen molar-refractivity contribution in [3.8, 4) is 11.1 Å². The summed E-state index contributed by atoms with van der Waals surface area (Å²) in [7, 11) is -3.76. The molecule has 1 heterocycles. The van der Waals surface area contributed by atoms with Gasteiger partial charge in [-0.3, -0.25) is 10.0 Å². The minimum absolute atomic E-state index is 0.0603. The first-order chi connectivity index (χ1) is 11.9. The Kier molecular flexibility index (Phi) is 4.67. The van der Waals surface area contributed by atoms with E-state index in [-0.39, 0.29) is 29.4 Å². The van der Waals surface area contributed by atoms with Crippen LogP contribution in [-0.2, 0) is 14.8 Å². The Bertz CT molecular complexity index is 922. The molecule has 8 heteroatoms. The number of hydroxylamine groups is 1. The first kappa shape index (κ1) is 17.3. The number of amides is 1. The highest BCUT2D eigenvalue weighted by Gasteiger charge is 2.30. The predicted octanol–water partition coefficient (Wildman–Crippen LogP) is 1.93. The monoisotopic (exact) mass is 362 g/mol. The van der Waals surface area contributed by atoms with Gasteiger partial charge in [-0.15, -0.1) is 0 Å². The van der Waals surface area contributed by atoms with E-state index in [1.807, 2.05) is 0 Å². The number of halogens is 1. The van der Waals surface area contributed by atoms with Crippen LogP contribution in [0, 0.1) is 5.82 Å². The summed E-state index contributed by atoms with van der Waals surface area (Å²) in [6.07, 6.45) is 1.45. The van der Waals surface area contributed by atoms with Crippen LogP contribution < -0.4 is 5.48 Å². The van der Waals surface area contributed by atoms with Crippen molar-refractivity contribution < 1.29 is 22.8 Å². The Balaban J connectivity index is 1.80. The highest BCUT2D eigenvalue weighted by Crippen LogP contribution is 2.25. The molecule has 2 aromatic rings. The molecule has 25 heavy (non-hydrogen) atoms. The summed E-state index contributed by atoms with van der Waals surface area (Å²) < 4.78 is 39.4. The average molecular weight is 362 g/mol. The smallest absolute Gasteiger partial charge is 0.271 e. The summed E-state index contributed by atoms with van der Waals surface area (Å²) in [4.78, 5) is 11.5. The van der Waals surface area contributed by atoms with Crippen LogP contribution in [0.15, 0.2) is 65.1 Å². The fourth-order valence-corrected chi connectivity index (χ4v) is 3.92. The normalized spacial score (nSPS) is 15.0. The number of rotatable bonds is 4.